The van der Waals surface area contributed by atoms with Crippen molar-refractivity contribution in [3.05, 3.63) is 53.1 Å². The average Bonchev–Trinajstić information content (AvgIpc) is 2.64. The lowest BCUT2D eigenvalue weighted by molar-refractivity contribution is -0.139. The average molecular weight is 373 g/mol. The highest BCUT2D eigenvalue weighted by atomic mass is 16.5. The maximum atomic E-state index is 12.3. The zero-order chi connectivity index (χ0) is 19.8. The zero-order valence-electron chi connectivity index (χ0n) is 15.6. The Labute approximate surface area is 157 Å². The standard InChI is InChI=1S/C20H23NO6/c1-13-10-15(11-14(2)19(13)27-12-18(22)23)20(24)21-8-9-26-17-6-4-16(25-3)5-7-17/h4-7,10-11H,8-9,12H2,1-3H3,(H,21,24)(H,22,23). The summed E-state index contributed by atoms with van der Waals surface area (Å²) in [6, 6.07) is 10.5. The van der Waals surface area contributed by atoms with E-state index < -0.39 is 12.6 Å². The topological polar surface area (TPSA) is 94.1 Å². The number of amides is 1. The fourth-order valence-electron chi connectivity index (χ4n) is 2.55. The number of carbonyl (C=O) groups is 2. The van der Waals surface area contributed by atoms with Crippen LogP contribution in [0.15, 0.2) is 36.4 Å². The van der Waals surface area contributed by atoms with Crippen molar-refractivity contribution in [1.29, 1.82) is 0 Å². The third-order valence-electron chi connectivity index (χ3n) is 3.78. The number of carboxylic acid groups (broad SMARTS) is 1. The molecule has 0 aliphatic rings. The Morgan fingerprint density at radius 1 is 1.00 bits per heavy atom. The van der Waals surface area contributed by atoms with Crippen molar-refractivity contribution in [2.75, 3.05) is 26.9 Å². The number of benzene rings is 2. The van der Waals surface area contributed by atoms with Crippen LogP contribution in [0.4, 0.5) is 0 Å². The minimum Gasteiger partial charge on any atom is -0.497 e. The summed E-state index contributed by atoms with van der Waals surface area (Å²) < 4.78 is 15.9. The molecule has 144 valence electrons. The van der Waals surface area contributed by atoms with Gasteiger partial charge in [-0.15, -0.1) is 0 Å². The van der Waals surface area contributed by atoms with E-state index in [2.05, 4.69) is 5.32 Å². The lowest BCUT2D eigenvalue weighted by Crippen LogP contribution is -2.28. The first-order chi connectivity index (χ1) is 12.9. The number of hydrogen-bond donors (Lipinski definition) is 2. The van der Waals surface area contributed by atoms with Crippen LogP contribution in [0.2, 0.25) is 0 Å². The fourth-order valence-corrected chi connectivity index (χ4v) is 2.55. The molecule has 0 saturated carbocycles. The van der Waals surface area contributed by atoms with Crippen LogP contribution in [-0.4, -0.2) is 43.9 Å². The van der Waals surface area contributed by atoms with Crippen LogP contribution in [0.5, 0.6) is 17.2 Å². The predicted octanol–water partition coefficient (Wildman–Crippen LogP) is 2.58. The maximum absolute atomic E-state index is 12.3. The molecule has 0 heterocycles. The molecule has 0 bridgehead atoms. The van der Waals surface area contributed by atoms with Crippen molar-refractivity contribution >= 4 is 11.9 Å². The van der Waals surface area contributed by atoms with Gasteiger partial charge in [-0.2, -0.15) is 0 Å². The summed E-state index contributed by atoms with van der Waals surface area (Å²) in [7, 11) is 1.60. The fraction of sp³-hybridized carbons (Fsp3) is 0.300. The summed E-state index contributed by atoms with van der Waals surface area (Å²) in [5.41, 5.74) is 1.89. The quantitative estimate of drug-likeness (QED) is 0.656. The second kappa shape index (κ2) is 9.47. The molecule has 7 heteroatoms. The van der Waals surface area contributed by atoms with Crippen LogP contribution in [0.25, 0.3) is 0 Å². The molecule has 27 heavy (non-hydrogen) atoms. The molecule has 0 aliphatic carbocycles. The SMILES string of the molecule is COc1ccc(OCCNC(=O)c2cc(C)c(OCC(=O)O)c(C)c2)cc1. The number of hydrogen-bond acceptors (Lipinski definition) is 5. The van der Waals surface area contributed by atoms with Gasteiger partial charge >= 0.3 is 5.97 Å². The Morgan fingerprint density at radius 2 is 1.59 bits per heavy atom. The highest BCUT2D eigenvalue weighted by Crippen LogP contribution is 2.25. The van der Waals surface area contributed by atoms with E-state index in [4.69, 9.17) is 19.3 Å². The van der Waals surface area contributed by atoms with E-state index in [0.29, 0.717) is 41.3 Å². The number of aliphatic carboxylic acids is 1. The Bertz CT molecular complexity index is 778. The van der Waals surface area contributed by atoms with Gasteiger partial charge in [-0.1, -0.05) is 0 Å². The van der Waals surface area contributed by atoms with Crippen molar-refractivity contribution < 1.29 is 28.9 Å². The van der Waals surface area contributed by atoms with Crippen LogP contribution in [0.1, 0.15) is 21.5 Å². The molecule has 0 atom stereocenters. The second-order valence-electron chi connectivity index (χ2n) is 5.90. The molecule has 0 fully saturated rings. The molecule has 1 amide bonds. The van der Waals surface area contributed by atoms with Crippen LogP contribution in [0, 0.1) is 13.8 Å². The van der Waals surface area contributed by atoms with Crippen molar-refractivity contribution in [3.63, 3.8) is 0 Å². The highest BCUT2D eigenvalue weighted by Gasteiger charge is 2.12. The minimum absolute atomic E-state index is 0.232. The van der Waals surface area contributed by atoms with Crippen LogP contribution < -0.4 is 19.5 Å². The van der Waals surface area contributed by atoms with Gasteiger partial charge in [-0.25, -0.2) is 4.79 Å². The van der Waals surface area contributed by atoms with Crippen molar-refractivity contribution in [1.82, 2.24) is 5.32 Å². The Hall–Kier alpha value is -3.22. The Morgan fingerprint density at radius 3 is 2.15 bits per heavy atom. The minimum atomic E-state index is -1.05. The summed E-state index contributed by atoms with van der Waals surface area (Å²) in [5.74, 6) is 0.641. The molecule has 2 N–H and O–H groups in total. The second-order valence-corrected chi connectivity index (χ2v) is 5.90. The predicted molar refractivity (Wildman–Crippen MR) is 99.9 cm³/mol. The summed E-state index contributed by atoms with van der Waals surface area (Å²) >= 11 is 0. The summed E-state index contributed by atoms with van der Waals surface area (Å²) in [6.45, 7) is 3.80. The molecule has 0 aromatic heterocycles. The number of methoxy groups -OCH3 is 1. The molecule has 2 rings (SSSR count). The number of nitrogens with one attached hydrogen (secondary N) is 1. The molecular weight excluding hydrogens is 350 g/mol. The van der Waals surface area contributed by atoms with Gasteiger partial charge in [0.1, 0.15) is 23.9 Å². The van der Waals surface area contributed by atoms with E-state index in [9.17, 15) is 9.59 Å². The van der Waals surface area contributed by atoms with E-state index in [1.807, 2.05) is 0 Å². The van der Waals surface area contributed by atoms with Crippen molar-refractivity contribution in [2.24, 2.45) is 0 Å². The van der Waals surface area contributed by atoms with Crippen LogP contribution in [0.3, 0.4) is 0 Å². The molecule has 2 aromatic rings. The zero-order valence-corrected chi connectivity index (χ0v) is 15.6. The molecule has 0 radical (unpaired) electrons. The van der Waals surface area contributed by atoms with E-state index in [1.165, 1.54) is 0 Å². The molecule has 0 unspecified atom stereocenters. The number of aryl methyl sites for hydroxylation is 2. The number of carboxylic acids is 1. The first-order valence-electron chi connectivity index (χ1n) is 8.41. The molecule has 2 aromatic carbocycles. The van der Waals surface area contributed by atoms with Crippen molar-refractivity contribution in [2.45, 2.75) is 13.8 Å². The van der Waals surface area contributed by atoms with Gasteiger partial charge in [-0.05, 0) is 61.4 Å². The largest absolute Gasteiger partial charge is 0.497 e. The summed E-state index contributed by atoms with van der Waals surface area (Å²) in [4.78, 5) is 22.9. The van der Waals surface area contributed by atoms with Crippen molar-refractivity contribution in [3.8, 4) is 17.2 Å². The number of ether oxygens (including phenoxy) is 3. The van der Waals surface area contributed by atoms with Gasteiger partial charge in [0.15, 0.2) is 6.61 Å². The third kappa shape index (κ3) is 5.91. The lowest BCUT2D eigenvalue weighted by Gasteiger charge is -2.13. The van der Waals surface area contributed by atoms with E-state index in [0.717, 1.165) is 5.75 Å². The van der Waals surface area contributed by atoms with E-state index in [1.54, 1.807) is 57.4 Å². The molecular formula is C20H23NO6. The smallest absolute Gasteiger partial charge is 0.341 e. The van der Waals surface area contributed by atoms with Crippen LogP contribution >= 0.6 is 0 Å². The number of rotatable bonds is 9. The normalized spacial score (nSPS) is 10.2. The molecule has 0 saturated heterocycles. The van der Waals surface area contributed by atoms with Gasteiger partial charge in [-0.3, -0.25) is 4.79 Å². The first-order valence-corrected chi connectivity index (χ1v) is 8.41. The van der Waals surface area contributed by atoms with Crippen LogP contribution in [-0.2, 0) is 4.79 Å². The van der Waals surface area contributed by atoms with E-state index in [-0.39, 0.29) is 5.91 Å². The Balaban J connectivity index is 1.86. The molecule has 0 aliphatic heterocycles. The van der Waals surface area contributed by atoms with Gasteiger partial charge in [0.25, 0.3) is 5.91 Å². The molecule has 7 nitrogen and oxygen atoms in total. The number of carbonyl (C=O) groups excluding carboxylic acids is 1. The van der Waals surface area contributed by atoms with Gasteiger partial charge < -0.3 is 24.6 Å². The first kappa shape index (κ1) is 20.1. The monoisotopic (exact) mass is 373 g/mol. The lowest BCUT2D eigenvalue weighted by atomic mass is 10.1. The summed E-state index contributed by atoms with van der Waals surface area (Å²) in [5, 5.41) is 11.5. The maximum Gasteiger partial charge on any atom is 0.341 e. The molecule has 0 spiro atoms. The third-order valence-corrected chi connectivity index (χ3v) is 3.78. The van der Waals surface area contributed by atoms with E-state index >= 15 is 0 Å². The van der Waals surface area contributed by atoms with Gasteiger partial charge in [0, 0.05) is 5.56 Å². The van der Waals surface area contributed by atoms with Gasteiger partial charge in [0.2, 0.25) is 0 Å². The highest BCUT2D eigenvalue weighted by molar-refractivity contribution is 5.94. The van der Waals surface area contributed by atoms with Gasteiger partial charge in [0.05, 0.1) is 13.7 Å². The Kier molecular flexibility index (Phi) is 7.05. The summed E-state index contributed by atoms with van der Waals surface area (Å²) in [6.07, 6.45) is 0.